The topological polar surface area (TPSA) is 106 Å². The number of rotatable bonds is 6. The number of furan rings is 1. The Bertz CT molecular complexity index is 910. The van der Waals surface area contributed by atoms with Gasteiger partial charge in [-0.3, -0.25) is 4.79 Å². The first-order chi connectivity index (χ1) is 13.9. The summed E-state index contributed by atoms with van der Waals surface area (Å²) >= 11 is 0. The fourth-order valence-corrected chi connectivity index (χ4v) is 3.20. The lowest BCUT2D eigenvalue weighted by molar-refractivity contribution is -0.154. The maximum atomic E-state index is 13.8. The number of likely N-dealkylation sites (tertiary alicyclic amines) is 1. The molecule has 0 saturated carbocycles. The minimum absolute atomic E-state index is 0.00383. The van der Waals surface area contributed by atoms with Gasteiger partial charge in [0.2, 0.25) is 5.91 Å². The van der Waals surface area contributed by atoms with Crippen molar-refractivity contribution in [1.29, 1.82) is 0 Å². The molecular formula is C20H20FNO7. The van der Waals surface area contributed by atoms with Crippen LogP contribution in [0.15, 0.2) is 41.0 Å². The highest BCUT2D eigenvalue weighted by atomic mass is 19.1. The highest BCUT2D eigenvalue weighted by Gasteiger charge is 2.40. The van der Waals surface area contributed by atoms with Crippen LogP contribution in [0.1, 0.15) is 28.1 Å². The Hall–Kier alpha value is -3.20. The third-order valence-electron chi connectivity index (χ3n) is 4.67. The van der Waals surface area contributed by atoms with Gasteiger partial charge in [-0.05, 0) is 17.7 Å². The lowest BCUT2D eigenvalue weighted by atomic mass is 10.1. The second-order valence-electron chi connectivity index (χ2n) is 6.58. The number of hydrogen-bond acceptors (Lipinski definition) is 7. The van der Waals surface area contributed by atoms with Gasteiger partial charge < -0.3 is 23.9 Å². The first-order valence-corrected chi connectivity index (χ1v) is 8.93. The van der Waals surface area contributed by atoms with Crippen molar-refractivity contribution in [2.24, 2.45) is 0 Å². The van der Waals surface area contributed by atoms with Gasteiger partial charge in [-0.25, -0.2) is 14.0 Å². The van der Waals surface area contributed by atoms with E-state index in [0.717, 1.165) is 0 Å². The summed E-state index contributed by atoms with van der Waals surface area (Å²) in [5.74, 6) is -2.30. The molecule has 1 saturated heterocycles. The molecule has 2 aromatic rings. The van der Waals surface area contributed by atoms with Gasteiger partial charge >= 0.3 is 11.9 Å². The predicted molar refractivity (Wildman–Crippen MR) is 96.1 cm³/mol. The zero-order valence-electron chi connectivity index (χ0n) is 15.7. The minimum atomic E-state index is -1.01. The molecule has 1 aromatic heterocycles. The maximum absolute atomic E-state index is 13.8. The van der Waals surface area contributed by atoms with Crippen LogP contribution >= 0.6 is 0 Å². The molecule has 1 aromatic carbocycles. The van der Waals surface area contributed by atoms with Gasteiger partial charge in [-0.15, -0.1) is 0 Å². The zero-order valence-corrected chi connectivity index (χ0v) is 15.7. The van der Waals surface area contributed by atoms with Crippen molar-refractivity contribution in [3.63, 3.8) is 0 Å². The normalized spacial score (nSPS) is 18.5. The number of amides is 1. The largest absolute Gasteiger partial charge is 0.465 e. The van der Waals surface area contributed by atoms with E-state index in [2.05, 4.69) is 4.74 Å². The van der Waals surface area contributed by atoms with Crippen molar-refractivity contribution in [1.82, 2.24) is 4.90 Å². The molecule has 1 fully saturated rings. The first kappa shape index (κ1) is 20.5. The number of β-amino-alcohol motifs (C(OH)–C–C–N with tert-alkyl or cyclic N) is 1. The summed E-state index contributed by atoms with van der Waals surface area (Å²) in [5.41, 5.74) is 0.323. The molecule has 0 spiro atoms. The number of aliphatic hydroxyl groups is 1. The molecule has 29 heavy (non-hydrogen) atoms. The van der Waals surface area contributed by atoms with E-state index >= 15 is 0 Å². The summed E-state index contributed by atoms with van der Waals surface area (Å²) in [4.78, 5) is 37.9. The lowest BCUT2D eigenvalue weighted by Crippen LogP contribution is -2.42. The third-order valence-corrected chi connectivity index (χ3v) is 4.67. The molecular weight excluding hydrogens is 385 g/mol. The lowest BCUT2D eigenvalue weighted by Gasteiger charge is -2.23. The van der Waals surface area contributed by atoms with Gasteiger partial charge in [0, 0.05) is 13.0 Å². The average molecular weight is 405 g/mol. The van der Waals surface area contributed by atoms with Gasteiger partial charge in [-0.2, -0.15) is 0 Å². The fraction of sp³-hybridized carbons (Fsp3) is 0.350. The molecule has 154 valence electrons. The van der Waals surface area contributed by atoms with Gasteiger partial charge in [0.05, 0.1) is 25.9 Å². The minimum Gasteiger partial charge on any atom is -0.465 e. The monoisotopic (exact) mass is 405 g/mol. The summed E-state index contributed by atoms with van der Waals surface area (Å²) in [6.07, 6.45) is 0.128. The van der Waals surface area contributed by atoms with Gasteiger partial charge in [0.25, 0.3) is 0 Å². The van der Waals surface area contributed by atoms with Crippen molar-refractivity contribution in [3.8, 4) is 0 Å². The molecule has 9 heteroatoms. The smallest absolute Gasteiger partial charge is 0.341 e. The Morgan fingerprint density at radius 1 is 1.28 bits per heavy atom. The molecule has 8 nitrogen and oxygen atoms in total. The average Bonchev–Trinajstić information content (AvgIpc) is 3.33. The molecule has 1 aliphatic rings. The number of methoxy groups -OCH3 is 1. The van der Waals surface area contributed by atoms with Crippen molar-refractivity contribution < 1.29 is 37.8 Å². The molecule has 3 rings (SSSR count). The van der Waals surface area contributed by atoms with E-state index in [-0.39, 0.29) is 42.9 Å². The molecule has 2 unspecified atom stereocenters. The van der Waals surface area contributed by atoms with Crippen LogP contribution in [0.2, 0.25) is 0 Å². The predicted octanol–water partition coefficient (Wildman–Crippen LogP) is 1.45. The number of carbonyl (C=O) groups is 3. The van der Waals surface area contributed by atoms with Crippen LogP contribution in [0.25, 0.3) is 0 Å². The van der Waals surface area contributed by atoms with Crippen molar-refractivity contribution >= 4 is 17.8 Å². The van der Waals surface area contributed by atoms with Crippen LogP contribution in [0.3, 0.4) is 0 Å². The number of aliphatic hydroxyl groups excluding tert-OH is 1. The summed E-state index contributed by atoms with van der Waals surface area (Å²) in [5, 5.41) is 9.93. The van der Waals surface area contributed by atoms with E-state index in [0.29, 0.717) is 0 Å². The maximum Gasteiger partial charge on any atom is 0.341 e. The molecule has 1 N–H and O–H groups in total. The van der Waals surface area contributed by atoms with Gasteiger partial charge in [0.15, 0.2) is 5.76 Å². The first-order valence-electron chi connectivity index (χ1n) is 8.93. The Labute approximate surface area is 165 Å². The van der Waals surface area contributed by atoms with Gasteiger partial charge in [0.1, 0.15) is 24.0 Å². The Morgan fingerprint density at radius 2 is 2.03 bits per heavy atom. The number of benzene rings is 1. The highest BCUT2D eigenvalue weighted by molar-refractivity contribution is 5.90. The Morgan fingerprint density at radius 3 is 2.76 bits per heavy atom. The number of nitrogens with zero attached hydrogens (tertiary/aromatic N) is 1. The van der Waals surface area contributed by atoms with Crippen LogP contribution in [0, 0.1) is 5.82 Å². The number of esters is 2. The van der Waals surface area contributed by atoms with Crippen molar-refractivity contribution in [2.75, 3.05) is 13.7 Å². The van der Waals surface area contributed by atoms with Crippen LogP contribution < -0.4 is 0 Å². The third kappa shape index (κ3) is 4.62. The van der Waals surface area contributed by atoms with Crippen LogP contribution in [-0.4, -0.2) is 53.7 Å². The number of ether oxygens (including phenoxy) is 2. The van der Waals surface area contributed by atoms with E-state index in [1.807, 2.05) is 0 Å². The number of hydrogen-bond donors (Lipinski definition) is 1. The summed E-state index contributed by atoms with van der Waals surface area (Å²) < 4.78 is 28.8. The summed E-state index contributed by atoms with van der Waals surface area (Å²) in [6, 6.07) is 6.23. The van der Waals surface area contributed by atoms with Crippen LogP contribution in [0.4, 0.5) is 4.39 Å². The van der Waals surface area contributed by atoms with Crippen LogP contribution in [0.5, 0.6) is 0 Å². The summed E-state index contributed by atoms with van der Waals surface area (Å²) in [6.45, 7) is -0.389. The van der Waals surface area contributed by atoms with Crippen molar-refractivity contribution in [2.45, 2.75) is 31.6 Å². The fourth-order valence-electron chi connectivity index (χ4n) is 3.20. The Balaban J connectivity index is 1.66. The quantitative estimate of drug-likeness (QED) is 0.725. The number of halogens is 1. The van der Waals surface area contributed by atoms with E-state index in [4.69, 9.17) is 9.15 Å². The second-order valence-corrected chi connectivity index (χ2v) is 6.58. The molecule has 0 bridgehead atoms. The van der Waals surface area contributed by atoms with E-state index < -0.39 is 35.8 Å². The molecule has 2 atom stereocenters. The zero-order chi connectivity index (χ0) is 21.0. The molecule has 2 heterocycles. The second kappa shape index (κ2) is 8.87. The molecule has 0 radical (unpaired) electrons. The molecule has 0 aliphatic carbocycles. The summed E-state index contributed by atoms with van der Waals surface area (Å²) in [7, 11) is 1.21. The van der Waals surface area contributed by atoms with Crippen LogP contribution in [-0.2, 0) is 32.1 Å². The van der Waals surface area contributed by atoms with E-state index in [1.54, 1.807) is 6.07 Å². The standard InChI is InChI=1S/C20H20FNO7/c1-27-19(25)14-6-7-28-17(14)11-29-20(26)16-9-13(23)10-22(16)18(24)8-12-4-2-3-5-15(12)21/h2-7,13,16,23H,8-11H2,1H3. The number of carbonyl (C=O) groups excluding carboxylic acids is 3. The SMILES string of the molecule is COC(=O)c1ccoc1COC(=O)C1CC(O)CN1C(=O)Cc1ccccc1F. The highest BCUT2D eigenvalue weighted by Crippen LogP contribution is 2.22. The van der Waals surface area contributed by atoms with Gasteiger partial charge in [-0.1, -0.05) is 18.2 Å². The van der Waals surface area contributed by atoms with E-state index in [9.17, 15) is 23.9 Å². The Kier molecular flexibility index (Phi) is 6.28. The molecule has 1 amide bonds. The molecule has 1 aliphatic heterocycles. The van der Waals surface area contributed by atoms with E-state index in [1.165, 1.54) is 42.5 Å². The van der Waals surface area contributed by atoms with Crippen molar-refractivity contribution in [3.05, 3.63) is 59.3 Å².